The molecule has 1 aromatic rings. The number of thiol groups is 1. The maximum Gasteiger partial charge on any atom is 0.258 e. The molecule has 0 aromatic heterocycles. The fraction of sp³-hybridized carbons (Fsp3) is 0.286. The molecule has 0 unspecified atom stereocenters. The summed E-state index contributed by atoms with van der Waals surface area (Å²) in [5.41, 5.74) is 0.612. The number of benzene rings is 1. The van der Waals surface area contributed by atoms with Gasteiger partial charge < -0.3 is 15.0 Å². The Morgan fingerprint density at radius 1 is 1.45 bits per heavy atom. The first-order valence-electron chi connectivity index (χ1n) is 6.14. The van der Waals surface area contributed by atoms with Gasteiger partial charge >= 0.3 is 0 Å². The molecule has 0 saturated carbocycles. The van der Waals surface area contributed by atoms with Crippen LogP contribution in [0.2, 0.25) is 0 Å². The normalized spacial score (nSPS) is 21.1. The lowest BCUT2D eigenvalue weighted by Crippen LogP contribution is -2.68. The average Bonchev–Trinajstić information content (AvgIpc) is 2.43. The number of rotatable bonds is 5. The number of nitrogens with zero attached hydrogens (tertiary/aromatic N) is 1. The fourth-order valence-electron chi connectivity index (χ4n) is 1.91. The molecule has 1 heterocycles. The number of nitrogens with one attached hydrogen (secondary N) is 1. The van der Waals surface area contributed by atoms with Crippen molar-refractivity contribution < 1.29 is 14.3 Å². The van der Waals surface area contributed by atoms with Gasteiger partial charge in [0.2, 0.25) is 0 Å². The van der Waals surface area contributed by atoms with Crippen LogP contribution in [0.3, 0.4) is 0 Å². The Bertz CT molecular complexity index is 532. The Morgan fingerprint density at radius 2 is 2.10 bits per heavy atom. The minimum absolute atomic E-state index is 0.138. The Morgan fingerprint density at radius 3 is 2.65 bits per heavy atom. The molecule has 1 aromatic carbocycles. The molecule has 2 rings (SSSR count). The Labute approximate surface area is 123 Å². The van der Waals surface area contributed by atoms with E-state index >= 15 is 0 Å². The number of allylic oxidation sites excluding steroid dienone is 1. The molecule has 0 spiro atoms. The van der Waals surface area contributed by atoms with Crippen LogP contribution in [0.1, 0.15) is 6.92 Å². The highest BCUT2D eigenvalue weighted by Gasteiger charge is 2.46. The zero-order chi connectivity index (χ0) is 14.7. The monoisotopic (exact) mass is 292 g/mol. The van der Waals surface area contributed by atoms with Gasteiger partial charge in [0.15, 0.2) is 6.61 Å². The van der Waals surface area contributed by atoms with Crippen LogP contribution in [-0.4, -0.2) is 34.7 Å². The summed E-state index contributed by atoms with van der Waals surface area (Å²) in [6.45, 7) is 5.27. The predicted molar refractivity (Wildman–Crippen MR) is 78.3 cm³/mol. The van der Waals surface area contributed by atoms with Crippen molar-refractivity contribution in [3.63, 3.8) is 0 Å². The van der Waals surface area contributed by atoms with Gasteiger partial charge in [0.05, 0.1) is 0 Å². The summed E-state index contributed by atoms with van der Waals surface area (Å²) >= 11 is 4.27. The van der Waals surface area contributed by atoms with Gasteiger partial charge in [-0.2, -0.15) is 12.6 Å². The lowest BCUT2D eigenvalue weighted by Gasteiger charge is -2.44. The summed E-state index contributed by atoms with van der Waals surface area (Å²) < 4.78 is 5.30. The van der Waals surface area contributed by atoms with Crippen LogP contribution in [0.4, 0.5) is 0 Å². The van der Waals surface area contributed by atoms with Crippen LogP contribution in [0.5, 0.6) is 5.75 Å². The molecule has 0 bridgehead atoms. The second-order valence-electron chi connectivity index (χ2n) is 4.50. The Balaban J connectivity index is 1.81. The second kappa shape index (κ2) is 6.00. The number of likely N-dealkylation sites (tertiary alicyclic amines) is 1. The van der Waals surface area contributed by atoms with Crippen molar-refractivity contribution in [2.45, 2.75) is 18.3 Å². The Hall–Kier alpha value is -1.95. The van der Waals surface area contributed by atoms with Crippen molar-refractivity contribution in [2.24, 2.45) is 0 Å². The van der Waals surface area contributed by atoms with E-state index in [0.29, 0.717) is 11.4 Å². The van der Waals surface area contributed by atoms with Gasteiger partial charge in [-0.25, -0.2) is 0 Å². The number of carbonyl (C=O) groups excluding carboxylic acids is 2. The molecule has 1 aliphatic rings. The lowest BCUT2D eigenvalue weighted by molar-refractivity contribution is -0.145. The third-order valence-electron chi connectivity index (χ3n) is 2.91. The third kappa shape index (κ3) is 2.96. The minimum atomic E-state index is -0.623. The van der Waals surface area contributed by atoms with E-state index in [1.54, 1.807) is 19.1 Å². The van der Waals surface area contributed by atoms with Crippen molar-refractivity contribution in [1.29, 1.82) is 0 Å². The second-order valence-corrected chi connectivity index (χ2v) is 5.03. The molecule has 106 valence electrons. The number of β-lactam (4-membered cyclic amide) rings is 1. The van der Waals surface area contributed by atoms with E-state index in [4.69, 9.17) is 4.74 Å². The predicted octanol–water partition coefficient (Wildman–Crippen LogP) is 1.18. The van der Waals surface area contributed by atoms with Gasteiger partial charge in [0.1, 0.15) is 17.2 Å². The van der Waals surface area contributed by atoms with E-state index in [-0.39, 0.29) is 23.8 Å². The van der Waals surface area contributed by atoms with Crippen LogP contribution in [0, 0.1) is 0 Å². The summed E-state index contributed by atoms with van der Waals surface area (Å²) in [6.07, 6.45) is 0. The molecule has 6 heteroatoms. The summed E-state index contributed by atoms with van der Waals surface area (Å²) in [5, 5.41) is 2.22. The van der Waals surface area contributed by atoms with Crippen LogP contribution in [0.25, 0.3) is 0 Å². The summed E-state index contributed by atoms with van der Waals surface area (Å²) in [7, 11) is 0. The molecular weight excluding hydrogens is 276 g/mol. The first kappa shape index (κ1) is 14.5. The first-order chi connectivity index (χ1) is 9.50. The van der Waals surface area contributed by atoms with Crippen molar-refractivity contribution in [3.8, 4) is 5.75 Å². The average molecular weight is 292 g/mol. The van der Waals surface area contributed by atoms with Gasteiger partial charge in [-0.05, 0) is 19.1 Å². The topological polar surface area (TPSA) is 58.6 Å². The molecule has 0 aliphatic carbocycles. The zero-order valence-electron chi connectivity index (χ0n) is 11.1. The number of hydrogen-bond acceptors (Lipinski definition) is 4. The van der Waals surface area contributed by atoms with Crippen molar-refractivity contribution >= 4 is 24.4 Å². The number of carbonyl (C=O) groups is 2. The number of ether oxygens (including phenoxy) is 1. The first-order valence-corrected chi connectivity index (χ1v) is 6.66. The molecule has 1 aliphatic heterocycles. The third-order valence-corrected chi connectivity index (χ3v) is 3.44. The van der Waals surface area contributed by atoms with E-state index in [9.17, 15) is 9.59 Å². The van der Waals surface area contributed by atoms with Crippen LogP contribution in [0.15, 0.2) is 42.6 Å². The van der Waals surface area contributed by atoms with E-state index in [1.807, 2.05) is 18.2 Å². The minimum Gasteiger partial charge on any atom is -0.484 e. The van der Waals surface area contributed by atoms with E-state index in [0.717, 1.165) is 0 Å². The lowest BCUT2D eigenvalue weighted by atomic mass is 10.1. The maximum absolute atomic E-state index is 11.8. The smallest absolute Gasteiger partial charge is 0.258 e. The van der Waals surface area contributed by atoms with Crippen molar-refractivity contribution in [1.82, 2.24) is 10.2 Å². The SMILES string of the molecule is C=C(C)N1C(=O)[C@@H](NC(=O)COc2ccccc2)[C@H]1S. The standard InChI is InChI=1S/C14H16N2O3S/c1-9(2)16-13(18)12(14(16)20)15-11(17)8-19-10-6-4-3-5-7-10/h3-7,12,14,20H,1,8H2,2H3,(H,15,17)/t12-,14-/m1/s1. The number of hydrogen-bond donors (Lipinski definition) is 2. The molecule has 20 heavy (non-hydrogen) atoms. The summed E-state index contributed by atoms with van der Waals surface area (Å²) in [4.78, 5) is 24.9. The van der Waals surface area contributed by atoms with Crippen molar-refractivity contribution in [2.75, 3.05) is 6.61 Å². The molecular formula is C14H16N2O3S. The van der Waals surface area contributed by atoms with Crippen molar-refractivity contribution in [3.05, 3.63) is 42.6 Å². The molecule has 2 atom stereocenters. The van der Waals surface area contributed by atoms with Gasteiger partial charge in [0.25, 0.3) is 11.8 Å². The summed E-state index contributed by atoms with van der Waals surface area (Å²) in [5.74, 6) is 0.0479. The number of amides is 2. The molecule has 0 radical (unpaired) electrons. The quantitative estimate of drug-likeness (QED) is 0.633. The molecule has 5 nitrogen and oxygen atoms in total. The van der Waals surface area contributed by atoms with E-state index in [2.05, 4.69) is 24.5 Å². The van der Waals surface area contributed by atoms with Crippen LogP contribution < -0.4 is 10.1 Å². The van der Waals surface area contributed by atoms with Crippen LogP contribution in [-0.2, 0) is 9.59 Å². The zero-order valence-corrected chi connectivity index (χ0v) is 12.0. The van der Waals surface area contributed by atoms with Gasteiger partial charge in [-0.15, -0.1) is 0 Å². The highest BCUT2D eigenvalue weighted by atomic mass is 32.1. The maximum atomic E-state index is 11.8. The Kier molecular flexibility index (Phi) is 4.34. The number of para-hydroxylation sites is 1. The summed E-state index contributed by atoms with van der Waals surface area (Å²) in [6, 6.07) is 8.38. The highest BCUT2D eigenvalue weighted by Crippen LogP contribution is 2.26. The van der Waals surface area contributed by atoms with Gasteiger partial charge in [-0.3, -0.25) is 9.59 Å². The van der Waals surface area contributed by atoms with Gasteiger partial charge in [-0.1, -0.05) is 24.8 Å². The van der Waals surface area contributed by atoms with Crippen LogP contribution >= 0.6 is 12.6 Å². The molecule has 2 amide bonds. The van der Waals surface area contributed by atoms with Gasteiger partial charge in [0, 0.05) is 5.70 Å². The highest BCUT2D eigenvalue weighted by molar-refractivity contribution is 7.81. The molecule has 1 N–H and O–H groups in total. The van der Waals surface area contributed by atoms with E-state index in [1.165, 1.54) is 4.90 Å². The largest absolute Gasteiger partial charge is 0.484 e. The fourth-order valence-corrected chi connectivity index (χ4v) is 2.42. The molecule has 1 fully saturated rings. The van der Waals surface area contributed by atoms with E-state index < -0.39 is 6.04 Å². The molecule has 1 saturated heterocycles.